The Morgan fingerprint density at radius 3 is 0.742 bits per heavy atom. The van der Waals surface area contributed by atoms with Crippen molar-refractivity contribution in [2.24, 2.45) is 0 Å². The average molecular weight is 841 g/mol. The molecule has 0 saturated carbocycles. The first-order valence-electron chi connectivity index (χ1n) is 22.7. The summed E-state index contributed by atoms with van der Waals surface area (Å²) in [5.74, 6) is 0. The quantitative estimate of drug-likeness (QED) is 0.134. The van der Waals surface area contributed by atoms with E-state index >= 15 is 0 Å². The van der Waals surface area contributed by atoms with Gasteiger partial charge < -0.3 is 9.80 Å². The lowest BCUT2D eigenvalue weighted by Crippen LogP contribution is -2.11. The molecule has 0 fully saturated rings. The number of hydrogen-bond acceptors (Lipinski definition) is 2. The van der Waals surface area contributed by atoms with Crippen LogP contribution in [0.3, 0.4) is 0 Å². The van der Waals surface area contributed by atoms with Crippen LogP contribution in [0, 0.1) is 0 Å². The van der Waals surface area contributed by atoms with E-state index in [4.69, 9.17) is 0 Å². The molecule has 0 spiro atoms. The van der Waals surface area contributed by atoms with E-state index in [-0.39, 0.29) is 0 Å². The van der Waals surface area contributed by atoms with Gasteiger partial charge in [-0.05, 0) is 126 Å². The molecule has 12 aromatic rings. The van der Waals surface area contributed by atoms with Gasteiger partial charge in [0.2, 0.25) is 0 Å². The van der Waals surface area contributed by atoms with Gasteiger partial charge in [-0.25, -0.2) is 0 Å². The van der Waals surface area contributed by atoms with Crippen LogP contribution in [-0.4, -0.2) is 0 Å². The highest BCUT2D eigenvalue weighted by molar-refractivity contribution is 6.16. The maximum Gasteiger partial charge on any atom is 0.0546 e. The summed E-state index contributed by atoms with van der Waals surface area (Å²) in [7, 11) is 0. The molecule has 0 bridgehead atoms. The molecule has 2 heteroatoms. The third-order valence-electron chi connectivity index (χ3n) is 13.0. The number of hydrogen-bond donors (Lipinski definition) is 0. The molecule has 2 nitrogen and oxygen atoms in total. The van der Waals surface area contributed by atoms with Crippen molar-refractivity contribution in [2.75, 3.05) is 9.80 Å². The first kappa shape index (κ1) is 38.9. The summed E-state index contributed by atoms with van der Waals surface area (Å²) in [5, 5.41) is 9.84. The van der Waals surface area contributed by atoms with Crippen LogP contribution in [0.25, 0.3) is 76.5 Å². The van der Waals surface area contributed by atoms with E-state index in [1.807, 2.05) is 0 Å². The Hall–Kier alpha value is -8.72. The van der Waals surface area contributed by atoms with E-state index in [0.29, 0.717) is 0 Å². The minimum atomic E-state index is 1.09. The van der Waals surface area contributed by atoms with Gasteiger partial charge in [0, 0.05) is 33.5 Å². The van der Waals surface area contributed by atoms with E-state index in [1.54, 1.807) is 0 Å². The molecule has 12 rings (SSSR count). The fourth-order valence-electron chi connectivity index (χ4n) is 9.77. The molecule has 0 unspecified atom stereocenters. The molecule has 66 heavy (non-hydrogen) atoms. The Bertz CT molecular complexity index is 3410. The van der Waals surface area contributed by atoms with Gasteiger partial charge in [-0.3, -0.25) is 0 Å². The molecule has 0 atom stereocenters. The Labute approximate surface area is 385 Å². The first-order chi connectivity index (χ1) is 32.7. The van der Waals surface area contributed by atoms with Crippen molar-refractivity contribution in [1.82, 2.24) is 0 Å². The van der Waals surface area contributed by atoms with E-state index in [1.165, 1.54) is 65.3 Å². The molecular weight excluding hydrogens is 797 g/mol. The molecular formula is C64H44N2. The van der Waals surface area contributed by atoms with Gasteiger partial charge in [0.15, 0.2) is 0 Å². The topological polar surface area (TPSA) is 6.48 Å². The van der Waals surface area contributed by atoms with E-state index in [2.05, 4.69) is 277 Å². The van der Waals surface area contributed by atoms with Gasteiger partial charge in [0.05, 0.1) is 11.4 Å². The third-order valence-corrected chi connectivity index (χ3v) is 13.0. The lowest BCUT2D eigenvalue weighted by Gasteiger charge is -2.28. The summed E-state index contributed by atoms with van der Waals surface area (Å²) in [6.07, 6.45) is 0. The zero-order valence-electron chi connectivity index (χ0n) is 36.3. The molecule has 12 aromatic carbocycles. The van der Waals surface area contributed by atoms with Crippen LogP contribution in [0.15, 0.2) is 267 Å². The van der Waals surface area contributed by atoms with Crippen molar-refractivity contribution in [3.05, 3.63) is 267 Å². The highest BCUT2D eigenvalue weighted by atomic mass is 15.1. The Kier molecular flexibility index (Phi) is 9.89. The fraction of sp³-hybridized carbons (Fsp3) is 0. The van der Waals surface area contributed by atoms with Crippen LogP contribution in [-0.2, 0) is 0 Å². The van der Waals surface area contributed by atoms with Crippen molar-refractivity contribution in [1.29, 1.82) is 0 Å². The maximum atomic E-state index is 2.41. The molecule has 0 heterocycles. The molecule has 0 aliphatic carbocycles. The van der Waals surface area contributed by atoms with E-state index in [0.717, 1.165) is 45.3 Å². The van der Waals surface area contributed by atoms with Gasteiger partial charge in [-0.1, -0.05) is 206 Å². The van der Waals surface area contributed by atoms with Crippen molar-refractivity contribution in [2.45, 2.75) is 0 Å². The average Bonchev–Trinajstić information content (AvgIpc) is 3.40. The zero-order valence-corrected chi connectivity index (χ0v) is 36.3. The second-order valence-corrected chi connectivity index (χ2v) is 16.9. The number of rotatable bonds is 9. The molecule has 0 radical (unpaired) electrons. The predicted molar refractivity (Wildman–Crippen MR) is 282 cm³/mol. The van der Waals surface area contributed by atoms with Crippen molar-refractivity contribution < 1.29 is 0 Å². The minimum Gasteiger partial charge on any atom is -0.310 e. The first-order valence-corrected chi connectivity index (χ1v) is 22.7. The SMILES string of the molecule is c1ccc(-c2ccc(N(c3ccc(-c4ccc(N(c5ccc(-c6ccccc6)cc5)c5cc6ccccc6c6ccccc56)cc4)cc3)c3cc4ccccc4c4ccccc34)cc2)cc1. The van der Waals surface area contributed by atoms with Crippen LogP contribution in [0.2, 0.25) is 0 Å². The summed E-state index contributed by atoms with van der Waals surface area (Å²) < 4.78 is 0. The Morgan fingerprint density at radius 2 is 0.424 bits per heavy atom. The van der Waals surface area contributed by atoms with Crippen molar-refractivity contribution in [3.8, 4) is 33.4 Å². The maximum absolute atomic E-state index is 2.41. The van der Waals surface area contributed by atoms with Crippen LogP contribution in [0.1, 0.15) is 0 Å². The predicted octanol–water partition coefficient (Wildman–Crippen LogP) is 18.2. The molecule has 310 valence electrons. The summed E-state index contributed by atoms with van der Waals surface area (Å²) in [6.45, 7) is 0. The Morgan fingerprint density at radius 1 is 0.182 bits per heavy atom. The highest BCUT2D eigenvalue weighted by Gasteiger charge is 2.20. The second-order valence-electron chi connectivity index (χ2n) is 16.9. The lowest BCUT2D eigenvalue weighted by atomic mass is 9.98. The molecule has 0 aliphatic rings. The largest absolute Gasteiger partial charge is 0.310 e. The lowest BCUT2D eigenvalue weighted by molar-refractivity contribution is 1.30. The number of fused-ring (bicyclic) bond motifs is 6. The zero-order chi connectivity index (χ0) is 43.8. The van der Waals surface area contributed by atoms with Gasteiger partial charge >= 0.3 is 0 Å². The van der Waals surface area contributed by atoms with Gasteiger partial charge in [0.25, 0.3) is 0 Å². The number of nitrogens with zero attached hydrogens (tertiary/aromatic N) is 2. The molecule has 0 saturated heterocycles. The summed E-state index contributed by atoms with van der Waals surface area (Å²) >= 11 is 0. The molecule has 0 N–H and O–H groups in total. The summed E-state index contributed by atoms with van der Waals surface area (Å²) in [6, 6.07) is 96.9. The van der Waals surface area contributed by atoms with E-state index < -0.39 is 0 Å². The van der Waals surface area contributed by atoms with Crippen LogP contribution in [0.4, 0.5) is 34.1 Å². The van der Waals surface area contributed by atoms with E-state index in [9.17, 15) is 0 Å². The summed E-state index contributed by atoms with van der Waals surface area (Å²) in [5.41, 5.74) is 13.8. The fourth-order valence-corrected chi connectivity index (χ4v) is 9.77. The van der Waals surface area contributed by atoms with Gasteiger partial charge in [-0.2, -0.15) is 0 Å². The van der Waals surface area contributed by atoms with Crippen molar-refractivity contribution >= 4 is 77.2 Å². The molecule has 0 aromatic heterocycles. The molecule has 0 aliphatic heterocycles. The van der Waals surface area contributed by atoms with Crippen molar-refractivity contribution in [3.63, 3.8) is 0 Å². The second kappa shape index (κ2) is 16.8. The van der Waals surface area contributed by atoms with Crippen LogP contribution in [0.5, 0.6) is 0 Å². The monoisotopic (exact) mass is 840 g/mol. The third kappa shape index (κ3) is 7.12. The highest BCUT2D eigenvalue weighted by Crippen LogP contribution is 2.45. The normalized spacial score (nSPS) is 11.3. The van der Waals surface area contributed by atoms with Gasteiger partial charge in [-0.15, -0.1) is 0 Å². The smallest absolute Gasteiger partial charge is 0.0546 e. The standard InChI is InChI=1S/C64H44N2/c1-3-15-45(16-4-1)47-27-35-53(36-28-47)65(63-43-51-19-7-9-21-57(51)59-23-11-13-25-61(59)63)55-39-31-49(32-40-55)50-33-41-56(42-34-50)66(54-37-29-48(30-38-54)46-17-5-2-6-18-46)64-44-52-20-8-10-22-58(52)60-24-12-14-26-62(60)64/h1-44H. The van der Waals surface area contributed by atoms with Crippen LogP contribution < -0.4 is 9.80 Å². The Balaban J connectivity index is 0.942. The molecule has 0 amide bonds. The summed E-state index contributed by atoms with van der Waals surface area (Å²) in [4.78, 5) is 4.82. The number of benzene rings is 12. The van der Waals surface area contributed by atoms with Crippen LogP contribution >= 0.6 is 0 Å². The van der Waals surface area contributed by atoms with Gasteiger partial charge in [0.1, 0.15) is 0 Å². The minimum absolute atomic E-state index is 1.09. The number of anilines is 6.